The fraction of sp³-hybridized carbons (Fsp3) is 0.133. The van der Waals surface area contributed by atoms with Crippen LogP contribution >= 0.6 is 11.6 Å². The molecule has 22 heavy (non-hydrogen) atoms. The number of halogens is 2. The summed E-state index contributed by atoms with van der Waals surface area (Å²) in [6.45, 7) is 1.91. The van der Waals surface area contributed by atoms with E-state index < -0.39 is 0 Å². The number of benzene rings is 1. The smallest absolute Gasteiger partial charge is 0.153 e. The Labute approximate surface area is 129 Å². The number of hydrogen-bond acceptors (Lipinski definition) is 3. The third-order valence-electron chi connectivity index (χ3n) is 3.82. The maximum atomic E-state index is 14.4. The average molecular weight is 316 g/mol. The number of imidazole rings is 1. The van der Waals surface area contributed by atoms with Gasteiger partial charge in [-0.2, -0.15) is 10.2 Å². The Balaban J connectivity index is 1.89. The van der Waals surface area contributed by atoms with Gasteiger partial charge >= 0.3 is 0 Å². The van der Waals surface area contributed by atoms with E-state index in [0.29, 0.717) is 21.9 Å². The first-order valence-electron chi connectivity index (χ1n) is 6.76. The maximum absolute atomic E-state index is 14.4. The topological polar surface area (TPSA) is 58.9 Å². The van der Waals surface area contributed by atoms with Crippen LogP contribution in [0.25, 0.3) is 16.6 Å². The van der Waals surface area contributed by atoms with Crippen molar-refractivity contribution in [1.82, 2.24) is 24.8 Å². The van der Waals surface area contributed by atoms with E-state index in [9.17, 15) is 4.39 Å². The van der Waals surface area contributed by atoms with Crippen LogP contribution in [0.5, 0.6) is 0 Å². The monoisotopic (exact) mass is 315 g/mol. The molecular weight excluding hydrogens is 305 g/mol. The molecule has 1 N–H and O–H groups in total. The normalized spacial score (nSPS) is 13.0. The molecule has 3 heterocycles. The molecule has 0 amide bonds. The van der Waals surface area contributed by atoms with Gasteiger partial charge in [0.25, 0.3) is 0 Å². The summed E-state index contributed by atoms with van der Waals surface area (Å²) in [7, 11) is 0. The Morgan fingerprint density at radius 1 is 1.27 bits per heavy atom. The van der Waals surface area contributed by atoms with Gasteiger partial charge in [-0.3, -0.25) is 5.10 Å². The van der Waals surface area contributed by atoms with Crippen molar-refractivity contribution in [2.45, 2.75) is 12.8 Å². The van der Waals surface area contributed by atoms with E-state index in [2.05, 4.69) is 20.3 Å². The zero-order valence-electron chi connectivity index (χ0n) is 11.6. The molecular formula is C15H11ClFN5. The molecule has 7 heteroatoms. The Kier molecular flexibility index (Phi) is 2.87. The van der Waals surface area contributed by atoms with Crippen molar-refractivity contribution in [2.24, 2.45) is 0 Å². The first-order valence-corrected chi connectivity index (χ1v) is 7.14. The van der Waals surface area contributed by atoms with Crippen molar-refractivity contribution in [2.75, 3.05) is 0 Å². The lowest BCUT2D eigenvalue weighted by atomic mass is 9.96. The molecule has 4 rings (SSSR count). The van der Waals surface area contributed by atoms with Crippen LogP contribution in [0.4, 0.5) is 4.39 Å². The molecule has 1 unspecified atom stereocenters. The van der Waals surface area contributed by atoms with Gasteiger partial charge in [0.2, 0.25) is 0 Å². The van der Waals surface area contributed by atoms with E-state index in [-0.39, 0.29) is 11.7 Å². The highest BCUT2D eigenvalue weighted by Crippen LogP contribution is 2.29. The fourth-order valence-corrected chi connectivity index (χ4v) is 2.78. The van der Waals surface area contributed by atoms with E-state index >= 15 is 0 Å². The summed E-state index contributed by atoms with van der Waals surface area (Å²) in [5.74, 6) is -0.513. The molecule has 0 aliphatic carbocycles. The highest BCUT2D eigenvalue weighted by molar-refractivity contribution is 6.29. The van der Waals surface area contributed by atoms with Crippen molar-refractivity contribution in [3.05, 3.63) is 58.9 Å². The highest BCUT2D eigenvalue weighted by Gasteiger charge is 2.19. The standard InChI is InChI=1S/C15H11ClFN5/c1-8(10-4-9-6-19-20-12(9)5-11(10)17)13-7-18-15-3-2-14(16)21-22(13)15/h2-8H,1H3,(H,19,20). The molecule has 0 bridgehead atoms. The maximum Gasteiger partial charge on any atom is 0.153 e. The first-order chi connectivity index (χ1) is 10.6. The van der Waals surface area contributed by atoms with Crippen LogP contribution in [0.1, 0.15) is 24.1 Å². The van der Waals surface area contributed by atoms with Crippen LogP contribution in [0.15, 0.2) is 36.7 Å². The predicted molar refractivity (Wildman–Crippen MR) is 81.6 cm³/mol. The second kappa shape index (κ2) is 4.78. The van der Waals surface area contributed by atoms with Gasteiger partial charge in [-0.05, 0) is 29.8 Å². The molecule has 0 saturated heterocycles. The molecule has 4 aromatic rings. The zero-order chi connectivity index (χ0) is 15.3. The Hall–Kier alpha value is -2.47. The lowest BCUT2D eigenvalue weighted by Crippen LogP contribution is -2.05. The molecule has 0 saturated carbocycles. The number of aromatic amines is 1. The average Bonchev–Trinajstić information content (AvgIpc) is 3.11. The van der Waals surface area contributed by atoms with Crippen LogP contribution in [0.3, 0.4) is 0 Å². The largest absolute Gasteiger partial charge is 0.278 e. The SMILES string of the molecule is CC(c1cc2cn[nH]c2cc1F)c1cnc2ccc(Cl)nn12. The Morgan fingerprint density at radius 3 is 3.00 bits per heavy atom. The summed E-state index contributed by atoms with van der Waals surface area (Å²) < 4.78 is 16.0. The predicted octanol–water partition coefficient (Wildman–Crippen LogP) is 3.55. The second-order valence-corrected chi connectivity index (χ2v) is 5.55. The van der Waals surface area contributed by atoms with Crippen LogP contribution in [0.2, 0.25) is 5.15 Å². The van der Waals surface area contributed by atoms with E-state index in [1.54, 1.807) is 35.1 Å². The molecule has 110 valence electrons. The third-order valence-corrected chi connectivity index (χ3v) is 4.03. The minimum atomic E-state index is -0.291. The van der Waals surface area contributed by atoms with E-state index in [0.717, 1.165) is 11.1 Å². The highest BCUT2D eigenvalue weighted by atomic mass is 35.5. The van der Waals surface area contributed by atoms with Crippen LogP contribution in [0, 0.1) is 5.82 Å². The molecule has 0 radical (unpaired) electrons. The van der Waals surface area contributed by atoms with E-state index in [1.165, 1.54) is 6.07 Å². The Bertz CT molecular complexity index is 990. The molecule has 0 aliphatic rings. The lowest BCUT2D eigenvalue weighted by Gasteiger charge is -2.12. The van der Waals surface area contributed by atoms with Crippen LogP contribution in [-0.2, 0) is 0 Å². The molecule has 5 nitrogen and oxygen atoms in total. The minimum absolute atomic E-state index is 0.222. The van der Waals surface area contributed by atoms with Crippen molar-refractivity contribution in [1.29, 1.82) is 0 Å². The lowest BCUT2D eigenvalue weighted by molar-refractivity contribution is 0.600. The van der Waals surface area contributed by atoms with Gasteiger partial charge in [0.1, 0.15) is 11.0 Å². The zero-order valence-corrected chi connectivity index (χ0v) is 12.3. The Morgan fingerprint density at radius 2 is 2.14 bits per heavy atom. The number of nitrogens with zero attached hydrogens (tertiary/aromatic N) is 4. The first kappa shape index (κ1) is 13.2. The summed E-state index contributed by atoms with van der Waals surface area (Å²) in [6.07, 6.45) is 3.37. The summed E-state index contributed by atoms with van der Waals surface area (Å²) in [5, 5.41) is 12.2. The van der Waals surface area contributed by atoms with E-state index in [4.69, 9.17) is 11.6 Å². The molecule has 1 aromatic carbocycles. The van der Waals surface area contributed by atoms with Gasteiger partial charge in [-0.25, -0.2) is 13.9 Å². The third kappa shape index (κ3) is 1.95. The van der Waals surface area contributed by atoms with Crippen molar-refractivity contribution in [3.63, 3.8) is 0 Å². The van der Waals surface area contributed by atoms with Crippen molar-refractivity contribution >= 4 is 28.2 Å². The number of rotatable bonds is 2. The summed E-state index contributed by atoms with van der Waals surface area (Å²) in [6, 6.07) is 6.71. The minimum Gasteiger partial charge on any atom is -0.278 e. The summed E-state index contributed by atoms with van der Waals surface area (Å²) in [4.78, 5) is 4.29. The van der Waals surface area contributed by atoms with E-state index in [1.807, 2.05) is 6.92 Å². The fourth-order valence-electron chi connectivity index (χ4n) is 2.64. The molecule has 0 fully saturated rings. The number of nitrogens with one attached hydrogen (secondary N) is 1. The van der Waals surface area contributed by atoms with Crippen molar-refractivity contribution in [3.8, 4) is 0 Å². The summed E-state index contributed by atoms with van der Waals surface area (Å²) >= 11 is 5.95. The van der Waals surface area contributed by atoms with Gasteiger partial charge in [0, 0.05) is 11.3 Å². The number of hydrogen-bond donors (Lipinski definition) is 1. The number of H-pyrrole nitrogens is 1. The molecule has 1 atom stereocenters. The molecule has 0 aliphatic heterocycles. The van der Waals surface area contributed by atoms with Crippen molar-refractivity contribution < 1.29 is 4.39 Å². The number of aromatic nitrogens is 5. The van der Waals surface area contributed by atoms with Gasteiger partial charge in [-0.1, -0.05) is 18.5 Å². The quantitative estimate of drug-likeness (QED) is 0.615. The van der Waals surface area contributed by atoms with Gasteiger partial charge < -0.3 is 0 Å². The molecule has 0 spiro atoms. The second-order valence-electron chi connectivity index (χ2n) is 5.16. The summed E-state index contributed by atoms with van der Waals surface area (Å²) in [5.41, 5.74) is 2.69. The van der Waals surface area contributed by atoms with Gasteiger partial charge in [0.05, 0.1) is 23.6 Å². The molecule has 3 aromatic heterocycles. The van der Waals surface area contributed by atoms with Crippen LogP contribution < -0.4 is 0 Å². The number of fused-ring (bicyclic) bond motifs is 2. The van der Waals surface area contributed by atoms with Gasteiger partial charge in [0.15, 0.2) is 5.65 Å². The van der Waals surface area contributed by atoms with Gasteiger partial charge in [-0.15, -0.1) is 0 Å². The van der Waals surface area contributed by atoms with Crippen LogP contribution in [-0.4, -0.2) is 24.8 Å².